The molecule has 41 heavy (non-hydrogen) atoms. The van der Waals surface area contributed by atoms with Crippen molar-refractivity contribution in [2.75, 3.05) is 79.8 Å². The Morgan fingerprint density at radius 2 is 1.80 bits per heavy atom. The highest BCUT2D eigenvalue weighted by molar-refractivity contribution is 7.85. The van der Waals surface area contributed by atoms with E-state index in [4.69, 9.17) is 27.9 Å². The quantitative estimate of drug-likeness (QED) is 0.224. The van der Waals surface area contributed by atoms with Gasteiger partial charge in [0.2, 0.25) is 11.9 Å². The monoisotopic (exact) mass is 620 g/mol. The van der Waals surface area contributed by atoms with Crippen molar-refractivity contribution < 1.29 is 13.7 Å². The normalized spacial score (nSPS) is 11.5. The van der Waals surface area contributed by atoms with Crippen molar-refractivity contribution >= 4 is 80.3 Å². The number of aromatic nitrogens is 2. The smallest absolute Gasteiger partial charge is 0.247 e. The SMILES string of the molecule is C=CC(=O)Nc1cc(Nc2ncc(Cl)c(Nc3cccc(Cl)c3N(C)S(C)=O)n2)c(OC)cc1N(C)CCN(C)C. The van der Waals surface area contributed by atoms with Crippen LogP contribution in [0.25, 0.3) is 0 Å². The Morgan fingerprint density at radius 3 is 2.44 bits per heavy atom. The fourth-order valence-corrected chi connectivity index (χ4v) is 4.68. The molecule has 3 aromatic rings. The molecule has 0 aliphatic carbocycles. The van der Waals surface area contributed by atoms with Crippen LogP contribution in [0, 0.1) is 0 Å². The van der Waals surface area contributed by atoms with Crippen molar-refractivity contribution in [3.63, 3.8) is 0 Å². The molecule has 0 spiro atoms. The summed E-state index contributed by atoms with van der Waals surface area (Å²) >= 11 is 12.9. The number of rotatable bonds is 13. The molecule has 0 saturated carbocycles. The number of carbonyl (C=O) groups is 1. The molecule has 0 saturated heterocycles. The zero-order valence-electron chi connectivity index (χ0n) is 23.8. The largest absolute Gasteiger partial charge is 0.494 e. The second-order valence-corrected chi connectivity index (χ2v) is 11.4. The highest BCUT2D eigenvalue weighted by Crippen LogP contribution is 2.39. The van der Waals surface area contributed by atoms with Gasteiger partial charge in [0, 0.05) is 39.5 Å². The number of methoxy groups -OCH3 is 1. The van der Waals surface area contributed by atoms with E-state index in [-0.39, 0.29) is 16.9 Å². The van der Waals surface area contributed by atoms with E-state index in [1.807, 2.05) is 32.1 Å². The molecule has 0 fully saturated rings. The molecule has 1 amide bonds. The van der Waals surface area contributed by atoms with E-state index in [9.17, 15) is 9.00 Å². The predicted octanol–water partition coefficient (Wildman–Crippen LogP) is 5.13. The number of nitrogens with one attached hydrogen (secondary N) is 3. The maximum absolute atomic E-state index is 12.3. The standard InChI is InChI=1S/C27H34Cl2N8O3S/c1-8-24(38)31-20-14-21(23(40-6)15-22(20)36(4)13-12-35(2)3)33-27-30-16-18(29)26(34-27)32-19-11-9-10-17(28)25(19)37(5)41(7)39/h8-11,14-16H,1,12-13H2,2-7H3,(H,31,38)(H2,30,32,33,34). The highest BCUT2D eigenvalue weighted by atomic mass is 35.5. The fourth-order valence-electron chi connectivity index (χ4n) is 3.73. The van der Waals surface area contributed by atoms with Gasteiger partial charge in [0.15, 0.2) is 5.82 Å². The molecule has 1 unspecified atom stereocenters. The number of nitrogens with zero attached hydrogens (tertiary/aromatic N) is 5. The van der Waals surface area contributed by atoms with Crippen LogP contribution in [0.3, 0.4) is 0 Å². The molecular weight excluding hydrogens is 587 g/mol. The van der Waals surface area contributed by atoms with Crippen LogP contribution in [0.15, 0.2) is 49.2 Å². The van der Waals surface area contributed by atoms with E-state index in [1.165, 1.54) is 12.3 Å². The first-order valence-electron chi connectivity index (χ1n) is 12.4. The Kier molecular flexibility index (Phi) is 11.2. The summed E-state index contributed by atoms with van der Waals surface area (Å²) < 4.78 is 19.4. The van der Waals surface area contributed by atoms with Crippen molar-refractivity contribution in [2.45, 2.75) is 0 Å². The molecule has 1 heterocycles. The van der Waals surface area contributed by atoms with Crippen LogP contribution in [0.2, 0.25) is 10.0 Å². The van der Waals surface area contributed by atoms with Crippen LogP contribution in [0.1, 0.15) is 0 Å². The van der Waals surface area contributed by atoms with E-state index in [0.717, 1.165) is 12.2 Å². The third kappa shape index (κ3) is 8.23. The van der Waals surface area contributed by atoms with Crippen LogP contribution in [-0.4, -0.2) is 79.6 Å². The number of carbonyl (C=O) groups excluding carboxylic acids is 1. The summed E-state index contributed by atoms with van der Waals surface area (Å²) in [6.45, 7) is 5.07. The van der Waals surface area contributed by atoms with Gasteiger partial charge in [-0.3, -0.25) is 9.10 Å². The van der Waals surface area contributed by atoms with Gasteiger partial charge in [-0.05, 0) is 38.4 Å². The highest BCUT2D eigenvalue weighted by Gasteiger charge is 2.19. The zero-order valence-corrected chi connectivity index (χ0v) is 26.1. The van der Waals surface area contributed by atoms with Gasteiger partial charge in [-0.1, -0.05) is 35.8 Å². The van der Waals surface area contributed by atoms with Gasteiger partial charge in [-0.15, -0.1) is 0 Å². The lowest BCUT2D eigenvalue weighted by molar-refractivity contribution is -0.111. The Labute approximate surface area is 253 Å². The Balaban J connectivity index is 2.00. The summed E-state index contributed by atoms with van der Waals surface area (Å²) in [5.74, 6) is 0.654. The minimum atomic E-state index is -1.32. The molecule has 3 rings (SSSR count). The molecular formula is C27H34Cl2N8O3S. The van der Waals surface area contributed by atoms with Gasteiger partial charge in [-0.2, -0.15) is 4.98 Å². The first-order valence-corrected chi connectivity index (χ1v) is 14.7. The van der Waals surface area contributed by atoms with Crippen molar-refractivity contribution in [2.24, 2.45) is 0 Å². The number of hydrogen-bond donors (Lipinski definition) is 3. The van der Waals surface area contributed by atoms with E-state index < -0.39 is 11.0 Å². The molecule has 0 aliphatic heterocycles. The second kappa shape index (κ2) is 14.4. The molecule has 14 heteroatoms. The van der Waals surface area contributed by atoms with Crippen molar-refractivity contribution in [1.82, 2.24) is 14.9 Å². The molecule has 3 N–H and O–H groups in total. The van der Waals surface area contributed by atoms with Crippen LogP contribution in [0.4, 0.5) is 40.2 Å². The molecule has 0 radical (unpaired) electrons. The van der Waals surface area contributed by atoms with Crippen molar-refractivity contribution in [1.29, 1.82) is 0 Å². The lowest BCUT2D eigenvalue weighted by Crippen LogP contribution is -2.29. The lowest BCUT2D eigenvalue weighted by Gasteiger charge is -2.26. The van der Waals surface area contributed by atoms with Crippen LogP contribution < -0.4 is 29.9 Å². The van der Waals surface area contributed by atoms with Gasteiger partial charge < -0.3 is 30.5 Å². The molecule has 1 atom stereocenters. The number of benzene rings is 2. The minimum absolute atomic E-state index is 0.209. The zero-order chi connectivity index (χ0) is 30.3. The van der Waals surface area contributed by atoms with E-state index in [0.29, 0.717) is 45.9 Å². The molecule has 0 aliphatic rings. The third-order valence-electron chi connectivity index (χ3n) is 5.99. The van der Waals surface area contributed by atoms with Gasteiger partial charge >= 0.3 is 0 Å². The Morgan fingerprint density at radius 1 is 1.07 bits per heavy atom. The summed E-state index contributed by atoms with van der Waals surface area (Å²) in [6.07, 6.45) is 4.20. The summed E-state index contributed by atoms with van der Waals surface area (Å²) in [5, 5.41) is 9.86. The summed E-state index contributed by atoms with van der Waals surface area (Å²) in [4.78, 5) is 25.2. The van der Waals surface area contributed by atoms with Gasteiger partial charge in [0.1, 0.15) is 21.8 Å². The van der Waals surface area contributed by atoms with Crippen molar-refractivity contribution in [3.8, 4) is 5.75 Å². The van der Waals surface area contributed by atoms with Gasteiger partial charge in [0.25, 0.3) is 0 Å². The Hall–Kier alpha value is -3.58. The summed E-state index contributed by atoms with van der Waals surface area (Å²) in [7, 11) is 7.83. The third-order valence-corrected chi connectivity index (χ3v) is 7.52. The maximum atomic E-state index is 12.3. The number of ether oxygens (including phenoxy) is 1. The van der Waals surface area contributed by atoms with Gasteiger partial charge in [0.05, 0.1) is 46.8 Å². The maximum Gasteiger partial charge on any atom is 0.247 e. The molecule has 0 bridgehead atoms. The topological polar surface area (TPSA) is 115 Å². The van der Waals surface area contributed by atoms with Crippen LogP contribution in [0.5, 0.6) is 5.75 Å². The van der Waals surface area contributed by atoms with E-state index in [1.54, 1.807) is 49.0 Å². The minimum Gasteiger partial charge on any atom is -0.494 e. The molecule has 220 valence electrons. The number of likely N-dealkylation sites (N-methyl/N-ethyl adjacent to an activating group) is 2. The molecule has 1 aromatic heterocycles. The average molecular weight is 622 g/mol. The second-order valence-electron chi connectivity index (χ2n) is 9.19. The first kappa shape index (κ1) is 31.9. The number of hydrogen-bond acceptors (Lipinski definition) is 9. The number of anilines is 7. The number of amides is 1. The summed E-state index contributed by atoms with van der Waals surface area (Å²) in [5.41, 5.74) is 2.89. The molecule has 11 nitrogen and oxygen atoms in total. The van der Waals surface area contributed by atoms with Gasteiger partial charge in [-0.25, -0.2) is 9.19 Å². The first-order chi connectivity index (χ1) is 19.4. The van der Waals surface area contributed by atoms with Crippen LogP contribution >= 0.6 is 23.2 Å². The Bertz CT molecular complexity index is 1440. The predicted molar refractivity (Wildman–Crippen MR) is 171 cm³/mol. The fraction of sp³-hybridized carbons (Fsp3) is 0.296. The number of halogens is 2. The average Bonchev–Trinajstić information content (AvgIpc) is 2.93. The number of para-hydroxylation sites is 1. The van der Waals surface area contributed by atoms with E-state index in [2.05, 4.69) is 37.4 Å². The van der Waals surface area contributed by atoms with Crippen LogP contribution in [-0.2, 0) is 15.8 Å². The summed E-state index contributed by atoms with van der Waals surface area (Å²) in [6, 6.07) is 8.81. The lowest BCUT2D eigenvalue weighted by atomic mass is 10.2. The molecule has 2 aromatic carbocycles. The van der Waals surface area contributed by atoms with Crippen molar-refractivity contribution in [3.05, 3.63) is 59.2 Å². The van der Waals surface area contributed by atoms with E-state index >= 15 is 0 Å².